The average molecular weight is 591 g/mol. The van der Waals surface area contributed by atoms with Gasteiger partial charge in [0.05, 0.1) is 0 Å². The molecule has 2 aromatic carbocycles. The summed E-state index contributed by atoms with van der Waals surface area (Å²) in [6.07, 6.45) is 25.1. The van der Waals surface area contributed by atoms with Crippen LogP contribution in [0.25, 0.3) is 0 Å². The molecule has 186 valence electrons. The Morgan fingerprint density at radius 1 is 0.647 bits per heavy atom. The zero-order chi connectivity index (χ0) is 23.5. The predicted molar refractivity (Wildman–Crippen MR) is 154 cm³/mol. The monoisotopic (exact) mass is 588 g/mol. The number of hydrogen-bond donors (Lipinski definition) is 0. The van der Waals surface area contributed by atoms with E-state index in [-0.39, 0.29) is 24.8 Å². The van der Waals surface area contributed by atoms with E-state index in [9.17, 15) is 0 Å². The Balaban J connectivity index is -0.000000366. The smallest absolute Gasteiger partial charge is 0.171 e. The molecule has 0 heterocycles. The van der Waals surface area contributed by atoms with Gasteiger partial charge in [-0.05, 0) is 0 Å². The van der Waals surface area contributed by atoms with Crippen LogP contribution in [-0.4, -0.2) is 6.88 Å². The minimum atomic E-state index is 0. The van der Waals surface area contributed by atoms with E-state index in [0.29, 0.717) is 0 Å². The molecule has 2 aromatic rings. The number of rotatable bonds is 6. The Hall–Kier alpha value is -0.920. The summed E-state index contributed by atoms with van der Waals surface area (Å²) < 4.78 is 0. The van der Waals surface area contributed by atoms with E-state index in [4.69, 9.17) is 0 Å². The van der Waals surface area contributed by atoms with Crippen LogP contribution in [0.5, 0.6) is 0 Å². The largest absolute Gasteiger partial charge is 0.184 e. The molecule has 0 spiro atoms. The Labute approximate surface area is 239 Å². The number of halogens is 2. The van der Waals surface area contributed by atoms with E-state index in [1.807, 2.05) is 67.5 Å². The van der Waals surface area contributed by atoms with Crippen molar-refractivity contribution in [3.63, 3.8) is 0 Å². The fourth-order valence-electron chi connectivity index (χ4n) is 2.66. The quantitative estimate of drug-likeness (QED) is 0.233. The Bertz CT molecular complexity index is 637. The molecule has 4 heteroatoms. The van der Waals surface area contributed by atoms with Gasteiger partial charge < -0.3 is 0 Å². The van der Waals surface area contributed by atoms with Crippen molar-refractivity contribution in [1.29, 1.82) is 0 Å². The normalized spacial score (nSPS) is 11.6. The van der Waals surface area contributed by atoms with Gasteiger partial charge in [0.25, 0.3) is 0 Å². The van der Waals surface area contributed by atoms with Crippen molar-refractivity contribution < 1.29 is 23.3 Å². The van der Waals surface area contributed by atoms with Gasteiger partial charge in [0.1, 0.15) is 0 Å². The van der Waals surface area contributed by atoms with Crippen molar-refractivity contribution in [2.75, 3.05) is 0 Å². The summed E-state index contributed by atoms with van der Waals surface area (Å²) in [7, 11) is 0. The van der Waals surface area contributed by atoms with Crippen LogP contribution < -0.4 is 0 Å². The van der Waals surface area contributed by atoms with Gasteiger partial charge in [-0.3, -0.25) is 12.2 Å². The van der Waals surface area contributed by atoms with Crippen LogP contribution in [0, 0.1) is 24.3 Å². The fourth-order valence-corrected chi connectivity index (χ4v) is 2.66. The molecular weight excluding hydrogens is 551 g/mol. The van der Waals surface area contributed by atoms with Crippen molar-refractivity contribution in [1.82, 2.24) is 0 Å². The van der Waals surface area contributed by atoms with Crippen LogP contribution in [0.4, 0.5) is 0 Å². The first-order valence-electron chi connectivity index (χ1n) is 11.6. The molecule has 34 heavy (non-hydrogen) atoms. The van der Waals surface area contributed by atoms with Crippen LogP contribution in [0.15, 0.2) is 96.1 Å². The number of allylic oxidation sites excluding steroid dienone is 8. The maximum atomic E-state index is 3.30. The second-order valence-electron chi connectivity index (χ2n) is 6.98. The average Bonchev–Trinajstić information content (AvgIpc) is 3.61. The van der Waals surface area contributed by atoms with Gasteiger partial charge >= 0.3 is 30.2 Å². The van der Waals surface area contributed by atoms with Crippen LogP contribution in [-0.2, 0) is 23.3 Å². The van der Waals surface area contributed by atoms with Crippen molar-refractivity contribution in [2.24, 2.45) is 0 Å². The molecule has 0 radical (unpaired) electrons. The molecule has 2 aliphatic rings. The molecule has 0 aromatic heterocycles. The minimum absolute atomic E-state index is 0. The van der Waals surface area contributed by atoms with E-state index >= 15 is 0 Å². The summed E-state index contributed by atoms with van der Waals surface area (Å²) in [5.41, 5.74) is 2.83. The molecule has 0 N–H and O–H groups in total. The molecule has 0 amide bonds. The van der Waals surface area contributed by atoms with Crippen LogP contribution >= 0.6 is 24.8 Å². The SMILES string of the molecule is CCCCC1=[C-]CC=C1.CCCCC1=[C-]CC=C1.Cl.Cl.[SiH2]=[Zr].[c-]1ccccc1.[c-]1ccccc1. The second kappa shape index (κ2) is 32.1. The molecule has 0 saturated carbocycles. The molecule has 0 saturated heterocycles. The van der Waals surface area contributed by atoms with Gasteiger partial charge in [-0.15, -0.1) is 37.7 Å². The molecule has 0 fully saturated rings. The first kappa shape index (κ1) is 37.6. The first-order chi connectivity index (χ1) is 15.9. The van der Waals surface area contributed by atoms with Crippen molar-refractivity contribution in [3.05, 3.63) is 120 Å². The third kappa shape index (κ3) is 25.7. The molecule has 0 nitrogen and oxygen atoms in total. The zero-order valence-corrected chi connectivity index (χ0v) is 26.3. The summed E-state index contributed by atoms with van der Waals surface area (Å²) >= 11 is 1.58. The Morgan fingerprint density at radius 3 is 1.18 bits per heavy atom. The van der Waals surface area contributed by atoms with Crippen molar-refractivity contribution in [2.45, 2.75) is 65.2 Å². The van der Waals surface area contributed by atoms with Crippen LogP contribution in [0.3, 0.4) is 0 Å². The molecular formula is C30H40Cl2SiZr-4. The minimum Gasteiger partial charge on any atom is -0.184 e. The summed E-state index contributed by atoms with van der Waals surface area (Å²) in [5.74, 6) is 0. The van der Waals surface area contributed by atoms with Gasteiger partial charge in [-0.1, -0.05) is 52.4 Å². The van der Waals surface area contributed by atoms with E-state index < -0.39 is 0 Å². The summed E-state index contributed by atoms with van der Waals surface area (Å²) in [6.45, 7) is 6.39. The number of benzene rings is 2. The number of hydrogen-bond acceptors (Lipinski definition) is 0. The fraction of sp³-hybridized carbons (Fsp3) is 0.333. The zero-order valence-electron chi connectivity index (χ0n) is 20.8. The van der Waals surface area contributed by atoms with Gasteiger partial charge in [-0.25, -0.2) is 23.3 Å². The summed E-state index contributed by atoms with van der Waals surface area (Å²) in [6, 6.07) is 25.0. The van der Waals surface area contributed by atoms with Crippen molar-refractivity contribution in [3.8, 4) is 0 Å². The molecule has 0 unspecified atom stereocenters. The number of unbranched alkanes of at least 4 members (excludes halogenated alkanes) is 2. The summed E-state index contributed by atoms with van der Waals surface area (Å²) in [4.78, 5) is 0. The topological polar surface area (TPSA) is 0 Å². The van der Waals surface area contributed by atoms with Crippen LogP contribution in [0.1, 0.15) is 65.2 Å². The van der Waals surface area contributed by atoms with E-state index in [0.717, 1.165) is 12.8 Å². The Morgan fingerprint density at radius 2 is 1.00 bits per heavy atom. The third-order valence-electron chi connectivity index (χ3n) is 4.35. The van der Waals surface area contributed by atoms with Gasteiger partial charge in [0, 0.05) is 0 Å². The predicted octanol–water partition coefficient (Wildman–Crippen LogP) is 8.63. The van der Waals surface area contributed by atoms with Gasteiger partial charge in [0.15, 0.2) is 0 Å². The first-order valence-corrected chi connectivity index (χ1v) is 17.5. The maximum absolute atomic E-state index is 3.30. The third-order valence-corrected chi connectivity index (χ3v) is 4.35. The van der Waals surface area contributed by atoms with Crippen LogP contribution in [0.2, 0.25) is 0 Å². The molecule has 4 rings (SSSR count). The van der Waals surface area contributed by atoms with E-state index in [2.05, 4.69) is 62.4 Å². The van der Waals surface area contributed by atoms with E-state index in [1.54, 1.807) is 23.3 Å². The second-order valence-corrected chi connectivity index (χ2v) is 6.98. The van der Waals surface area contributed by atoms with Gasteiger partial charge in [0.2, 0.25) is 0 Å². The van der Waals surface area contributed by atoms with E-state index in [1.165, 1.54) is 49.7 Å². The molecule has 0 atom stereocenters. The maximum Gasteiger partial charge on any atom is -0.171 e. The summed E-state index contributed by atoms with van der Waals surface area (Å²) in [5, 5.41) is 0. The molecule has 2 aliphatic carbocycles. The standard InChI is InChI=1S/2C9H13.2C6H5.2ClH.H2Si.Zr/c2*1-2-3-6-9-7-4-5-8-9;2*1-2-4-6-5-3-1;;;;/h2*4,7H,2-3,5-6H2,1H3;2*1-5H;2*1H;1H2;/q4*-1;;;;. The van der Waals surface area contributed by atoms with Crippen molar-refractivity contribution >= 4 is 31.7 Å². The molecule has 0 bridgehead atoms. The Kier molecular flexibility index (Phi) is 35.5. The van der Waals surface area contributed by atoms with Gasteiger partial charge in [-0.2, -0.15) is 84.9 Å². The molecule has 0 aliphatic heterocycles.